The molecule has 0 aromatic heterocycles. The monoisotopic (exact) mass is 628 g/mol. The Morgan fingerprint density at radius 3 is 2.40 bits per heavy atom. The Bertz CT molecular complexity index is 1240. The van der Waals surface area contributed by atoms with Gasteiger partial charge in [-0.1, -0.05) is 35.3 Å². The van der Waals surface area contributed by atoms with Crippen molar-refractivity contribution >= 4 is 57.9 Å². The lowest BCUT2D eigenvalue weighted by Crippen LogP contribution is -2.19. The van der Waals surface area contributed by atoms with E-state index in [-0.39, 0.29) is 18.9 Å². The van der Waals surface area contributed by atoms with Crippen LogP contribution < -0.4 is 24.4 Å². The number of hydrogen-bond donors (Lipinski definition) is 1. The van der Waals surface area contributed by atoms with Gasteiger partial charge in [0.25, 0.3) is 0 Å². The maximum atomic E-state index is 12.3. The molecule has 184 valence electrons. The van der Waals surface area contributed by atoms with Crippen molar-refractivity contribution in [2.45, 2.75) is 13.0 Å². The molecule has 10 heteroatoms. The number of ether oxygens (including phenoxy) is 4. The summed E-state index contributed by atoms with van der Waals surface area (Å²) in [7, 11) is 4.66. The average Bonchev–Trinajstić information content (AvgIpc) is 2.84. The van der Waals surface area contributed by atoms with Crippen LogP contribution in [0.15, 0.2) is 53.6 Å². The van der Waals surface area contributed by atoms with Crippen molar-refractivity contribution in [3.63, 3.8) is 0 Å². The first kappa shape index (κ1) is 26.9. The highest BCUT2D eigenvalue weighted by Crippen LogP contribution is 2.35. The molecule has 7 nitrogen and oxygen atoms in total. The largest absolute Gasteiger partial charge is 0.493 e. The summed E-state index contributed by atoms with van der Waals surface area (Å²) in [6, 6.07) is 14.2. The summed E-state index contributed by atoms with van der Waals surface area (Å²) in [6.45, 7) is 0.252. The van der Waals surface area contributed by atoms with E-state index in [1.807, 2.05) is 12.1 Å². The topological polar surface area (TPSA) is 78.4 Å². The summed E-state index contributed by atoms with van der Waals surface area (Å²) < 4.78 is 22.8. The quantitative estimate of drug-likeness (QED) is 0.172. The molecule has 0 aliphatic heterocycles. The minimum absolute atomic E-state index is 0.137. The number of halogens is 3. The predicted octanol–water partition coefficient (Wildman–Crippen LogP) is 5.90. The summed E-state index contributed by atoms with van der Waals surface area (Å²) in [6.07, 6.45) is 1.68. The molecule has 0 radical (unpaired) electrons. The fraction of sp³-hybridized carbons (Fsp3) is 0.200. The van der Waals surface area contributed by atoms with Crippen molar-refractivity contribution in [1.29, 1.82) is 0 Å². The molecule has 0 spiro atoms. The first-order valence-electron chi connectivity index (χ1n) is 10.3. The van der Waals surface area contributed by atoms with Crippen LogP contribution in [0.1, 0.15) is 16.7 Å². The van der Waals surface area contributed by atoms with E-state index in [4.69, 9.17) is 42.1 Å². The Hall–Kier alpha value is -2.69. The second kappa shape index (κ2) is 12.9. The summed E-state index contributed by atoms with van der Waals surface area (Å²) in [5, 5.41) is 5.15. The number of methoxy groups -OCH3 is 3. The Kier molecular flexibility index (Phi) is 9.88. The van der Waals surface area contributed by atoms with E-state index < -0.39 is 0 Å². The molecule has 0 unspecified atom stereocenters. The van der Waals surface area contributed by atoms with Crippen LogP contribution in [0.4, 0.5) is 0 Å². The number of nitrogens with one attached hydrogen (secondary N) is 1. The number of rotatable bonds is 10. The molecular weight excluding hydrogens is 606 g/mol. The molecule has 0 aliphatic carbocycles. The van der Waals surface area contributed by atoms with Crippen molar-refractivity contribution < 1.29 is 23.7 Å². The normalized spacial score (nSPS) is 10.8. The Labute approximate surface area is 227 Å². The van der Waals surface area contributed by atoms with Gasteiger partial charge in [-0.15, -0.1) is 0 Å². The first-order valence-corrected chi connectivity index (χ1v) is 12.1. The summed E-state index contributed by atoms with van der Waals surface area (Å²) in [4.78, 5) is 12.3. The van der Waals surface area contributed by atoms with Crippen molar-refractivity contribution in [2.24, 2.45) is 5.10 Å². The molecule has 0 heterocycles. The van der Waals surface area contributed by atoms with Gasteiger partial charge in [0.1, 0.15) is 6.61 Å². The Morgan fingerprint density at radius 1 is 0.971 bits per heavy atom. The molecule has 35 heavy (non-hydrogen) atoms. The molecule has 0 saturated heterocycles. The van der Waals surface area contributed by atoms with E-state index in [1.165, 1.54) is 6.21 Å². The minimum atomic E-state index is -0.269. The van der Waals surface area contributed by atoms with Crippen LogP contribution in [-0.4, -0.2) is 33.5 Å². The molecule has 0 saturated carbocycles. The third kappa shape index (κ3) is 7.39. The highest BCUT2D eigenvalue weighted by molar-refractivity contribution is 14.1. The van der Waals surface area contributed by atoms with Crippen LogP contribution in [0.25, 0.3) is 0 Å². The van der Waals surface area contributed by atoms with Gasteiger partial charge >= 0.3 is 0 Å². The van der Waals surface area contributed by atoms with Gasteiger partial charge in [0.15, 0.2) is 23.0 Å². The average molecular weight is 629 g/mol. The third-order valence-corrected chi connectivity index (χ3v) is 6.24. The highest BCUT2D eigenvalue weighted by atomic mass is 127. The molecule has 0 aliphatic rings. The minimum Gasteiger partial charge on any atom is -0.493 e. The molecule has 0 atom stereocenters. The second-order valence-electron chi connectivity index (χ2n) is 7.22. The number of benzene rings is 3. The van der Waals surface area contributed by atoms with Crippen LogP contribution in [0.3, 0.4) is 0 Å². The molecule has 0 fully saturated rings. The number of hydrazone groups is 1. The predicted molar refractivity (Wildman–Crippen MR) is 145 cm³/mol. The fourth-order valence-corrected chi connectivity index (χ4v) is 4.38. The number of nitrogens with zero attached hydrogens (tertiary/aromatic N) is 1. The van der Waals surface area contributed by atoms with Crippen LogP contribution in [0.2, 0.25) is 10.0 Å². The van der Waals surface area contributed by atoms with Crippen molar-refractivity contribution in [3.8, 4) is 23.0 Å². The number of carbonyl (C=O) groups is 1. The summed E-state index contributed by atoms with van der Waals surface area (Å²) >= 11 is 14.3. The van der Waals surface area contributed by atoms with Crippen molar-refractivity contribution in [3.05, 3.63) is 78.8 Å². The Morgan fingerprint density at radius 2 is 1.71 bits per heavy atom. The zero-order valence-electron chi connectivity index (χ0n) is 19.2. The fourth-order valence-electron chi connectivity index (χ4n) is 3.14. The van der Waals surface area contributed by atoms with E-state index >= 15 is 0 Å². The van der Waals surface area contributed by atoms with E-state index in [0.29, 0.717) is 33.0 Å². The van der Waals surface area contributed by atoms with Gasteiger partial charge in [0.05, 0.1) is 37.5 Å². The summed E-state index contributed by atoms with van der Waals surface area (Å²) in [5.74, 6) is 1.99. The number of carbonyl (C=O) groups excluding carboxylic acids is 1. The first-order chi connectivity index (χ1) is 16.8. The van der Waals surface area contributed by atoms with Gasteiger partial charge in [-0.25, -0.2) is 5.43 Å². The molecule has 3 aromatic rings. The maximum absolute atomic E-state index is 12.3. The van der Waals surface area contributed by atoms with Gasteiger partial charge in [-0.05, 0) is 70.1 Å². The van der Waals surface area contributed by atoms with Gasteiger partial charge in [0, 0.05) is 15.6 Å². The van der Waals surface area contributed by atoms with Crippen LogP contribution >= 0.6 is 45.8 Å². The van der Waals surface area contributed by atoms with E-state index in [0.717, 1.165) is 20.3 Å². The molecule has 1 amide bonds. The van der Waals surface area contributed by atoms with E-state index in [1.54, 1.807) is 57.7 Å². The van der Waals surface area contributed by atoms with Crippen molar-refractivity contribution in [2.75, 3.05) is 21.3 Å². The lowest BCUT2D eigenvalue weighted by atomic mass is 10.1. The standard InChI is InChI=1S/C25H23Cl2IN2O5/c1-32-21-7-4-15(9-22(21)33-2)11-24(31)30-29-13-16-8-20(28)25(23(10-16)34-3)35-14-17-5-6-18(26)12-19(17)27/h4-10,12-13H,11,14H2,1-3H3,(H,30,31)/b29-13+. The van der Waals surface area contributed by atoms with Crippen molar-refractivity contribution in [1.82, 2.24) is 5.43 Å². The summed E-state index contributed by atoms with van der Waals surface area (Å²) in [5.41, 5.74) is 4.84. The molecule has 0 bridgehead atoms. The van der Waals surface area contributed by atoms with Crippen LogP contribution in [-0.2, 0) is 17.8 Å². The smallest absolute Gasteiger partial charge is 0.244 e. The lowest BCUT2D eigenvalue weighted by molar-refractivity contribution is -0.120. The van der Waals surface area contributed by atoms with E-state index in [2.05, 4.69) is 33.1 Å². The maximum Gasteiger partial charge on any atom is 0.244 e. The lowest BCUT2D eigenvalue weighted by Gasteiger charge is -2.14. The highest BCUT2D eigenvalue weighted by Gasteiger charge is 2.13. The molecule has 1 N–H and O–H groups in total. The SMILES string of the molecule is COc1ccc(CC(=O)N/N=C/c2cc(I)c(OCc3ccc(Cl)cc3Cl)c(OC)c2)cc1OC. The molecule has 3 aromatic carbocycles. The van der Waals surface area contributed by atoms with Gasteiger partial charge in [-0.2, -0.15) is 5.10 Å². The third-order valence-electron chi connectivity index (χ3n) is 4.85. The zero-order chi connectivity index (χ0) is 25.4. The number of hydrogen-bond acceptors (Lipinski definition) is 6. The molecule has 3 rings (SSSR count). The van der Waals surface area contributed by atoms with E-state index in [9.17, 15) is 4.79 Å². The zero-order valence-corrected chi connectivity index (χ0v) is 22.9. The van der Waals surface area contributed by atoms with Gasteiger partial charge in [0.2, 0.25) is 5.91 Å². The van der Waals surface area contributed by atoms with Crippen LogP contribution in [0, 0.1) is 3.57 Å². The van der Waals surface area contributed by atoms with Gasteiger partial charge in [-0.3, -0.25) is 4.79 Å². The molecular formula is C25H23Cl2IN2O5. The second-order valence-corrected chi connectivity index (χ2v) is 9.22. The van der Waals surface area contributed by atoms with Crippen LogP contribution in [0.5, 0.6) is 23.0 Å². The van der Waals surface area contributed by atoms with Gasteiger partial charge < -0.3 is 18.9 Å². The Balaban J connectivity index is 1.64. The number of amides is 1.